The van der Waals surface area contributed by atoms with E-state index >= 15 is 0 Å². The highest BCUT2D eigenvalue weighted by atomic mass is 16.5. The van der Waals surface area contributed by atoms with E-state index in [-0.39, 0.29) is 5.75 Å². The molecular weight excluding hydrogens is 226 g/mol. The normalized spacial score (nSPS) is 10.1. The molecule has 0 bridgehead atoms. The van der Waals surface area contributed by atoms with Crippen LogP contribution in [0.3, 0.4) is 0 Å². The number of ether oxygens (including phenoxy) is 1. The molecule has 0 aliphatic heterocycles. The first-order valence-corrected chi connectivity index (χ1v) is 5.85. The second-order valence-electron chi connectivity index (χ2n) is 4.21. The Morgan fingerprint density at radius 2 is 1.83 bits per heavy atom. The fraction of sp³-hybridized carbons (Fsp3) is 0.200. The lowest BCUT2D eigenvalue weighted by Gasteiger charge is -2.10. The average Bonchev–Trinajstić information content (AvgIpc) is 2.40. The highest BCUT2D eigenvalue weighted by molar-refractivity contribution is 5.47. The summed E-state index contributed by atoms with van der Waals surface area (Å²) in [6.45, 7) is 2.61. The Labute approximate surface area is 107 Å². The van der Waals surface area contributed by atoms with Gasteiger partial charge in [-0.2, -0.15) is 0 Å². The molecule has 0 fully saturated rings. The number of phenols is 1. The molecule has 0 saturated heterocycles. The van der Waals surface area contributed by atoms with Gasteiger partial charge in [-0.3, -0.25) is 0 Å². The zero-order valence-corrected chi connectivity index (χ0v) is 10.6. The van der Waals surface area contributed by atoms with Crippen LogP contribution in [-0.4, -0.2) is 12.2 Å². The van der Waals surface area contributed by atoms with Gasteiger partial charge in [-0.15, -0.1) is 0 Å². The number of hydrogen-bond acceptors (Lipinski definition) is 3. The van der Waals surface area contributed by atoms with Crippen molar-refractivity contribution in [3.05, 3.63) is 53.6 Å². The molecule has 0 heterocycles. The third kappa shape index (κ3) is 2.94. The lowest BCUT2D eigenvalue weighted by molar-refractivity contribution is 0.411. The van der Waals surface area contributed by atoms with E-state index < -0.39 is 0 Å². The van der Waals surface area contributed by atoms with Crippen LogP contribution in [0, 0.1) is 6.92 Å². The van der Waals surface area contributed by atoms with Crippen LogP contribution < -0.4 is 10.1 Å². The molecule has 0 aliphatic carbocycles. The summed E-state index contributed by atoms with van der Waals surface area (Å²) in [6, 6.07) is 13.4. The van der Waals surface area contributed by atoms with Crippen LogP contribution in [0.1, 0.15) is 11.1 Å². The highest BCUT2D eigenvalue weighted by Gasteiger charge is 2.03. The summed E-state index contributed by atoms with van der Waals surface area (Å²) in [4.78, 5) is 0. The third-order valence-corrected chi connectivity index (χ3v) is 2.82. The first-order valence-electron chi connectivity index (χ1n) is 5.85. The molecule has 0 saturated carbocycles. The molecule has 2 aromatic carbocycles. The second kappa shape index (κ2) is 5.45. The van der Waals surface area contributed by atoms with E-state index in [9.17, 15) is 5.11 Å². The Bertz CT molecular complexity index is 521. The molecule has 0 amide bonds. The van der Waals surface area contributed by atoms with Crippen molar-refractivity contribution in [1.82, 2.24) is 0 Å². The molecule has 0 radical (unpaired) electrons. The van der Waals surface area contributed by atoms with Gasteiger partial charge in [0.1, 0.15) is 11.5 Å². The fourth-order valence-electron chi connectivity index (χ4n) is 1.70. The summed E-state index contributed by atoms with van der Waals surface area (Å²) in [5, 5.41) is 13.0. The Hall–Kier alpha value is -2.16. The number of benzene rings is 2. The van der Waals surface area contributed by atoms with Crippen LogP contribution in [0.25, 0.3) is 0 Å². The molecule has 94 valence electrons. The third-order valence-electron chi connectivity index (χ3n) is 2.82. The monoisotopic (exact) mass is 243 g/mol. The summed E-state index contributed by atoms with van der Waals surface area (Å²) >= 11 is 0. The van der Waals surface area contributed by atoms with Crippen molar-refractivity contribution in [2.45, 2.75) is 13.5 Å². The molecule has 3 heteroatoms. The van der Waals surface area contributed by atoms with Gasteiger partial charge >= 0.3 is 0 Å². The van der Waals surface area contributed by atoms with Crippen LogP contribution in [0.5, 0.6) is 11.5 Å². The smallest absolute Gasteiger partial charge is 0.120 e. The lowest BCUT2D eigenvalue weighted by atomic mass is 10.1. The quantitative estimate of drug-likeness (QED) is 0.865. The van der Waals surface area contributed by atoms with Crippen LogP contribution >= 0.6 is 0 Å². The van der Waals surface area contributed by atoms with Crippen molar-refractivity contribution in [2.75, 3.05) is 12.4 Å². The van der Waals surface area contributed by atoms with Gasteiger partial charge < -0.3 is 15.2 Å². The van der Waals surface area contributed by atoms with Gasteiger partial charge in [0.25, 0.3) is 0 Å². The summed E-state index contributed by atoms with van der Waals surface area (Å²) in [5.41, 5.74) is 3.07. The largest absolute Gasteiger partial charge is 0.508 e. The topological polar surface area (TPSA) is 41.5 Å². The molecule has 0 atom stereocenters. The number of anilines is 1. The molecule has 2 aromatic rings. The molecule has 0 aromatic heterocycles. The number of phenolic OH excluding ortho intramolecular Hbond substituents is 1. The van der Waals surface area contributed by atoms with E-state index in [1.165, 1.54) is 5.56 Å². The van der Waals surface area contributed by atoms with Gasteiger partial charge in [-0.1, -0.05) is 17.7 Å². The van der Waals surface area contributed by atoms with Gasteiger partial charge in [-0.25, -0.2) is 0 Å². The van der Waals surface area contributed by atoms with Crippen molar-refractivity contribution in [3.8, 4) is 11.5 Å². The van der Waals surface area contributed by atoms with E-state index in [0.29, 0.717) is 6.54 Å². The zero-order chi connectivity index (χ0) is 13.0. The average molecular weight is 243 g/mol. The van der Waals surface area contributed by atoms with Gasteiger partial charge in [0, 0.05) is 17.8 Å². The van der Waals surface area contributed by atoms with Gasteiger partial charge in [0.2, 0.25) is 0 Å². The molecule has 3 nitrogen and oxygen atoms in total. The summed E-state index contributed by atoms with van der Waals surface area (Å²) in [7, 11) is 1.61. The van der Waals surface area contributed by atoms with E-state index in [1.54, 1.807) is 19.2 Å². The van der Waals surface area contributed by atoms with Crippen molar-refractivity contribution < 1.29 is 9.84 Å². The number of aromatic hydroxyl groups is 1. The summed E-state index contributed by atoms with van der Waals surface area (Å²) in [5.74, 6) is 1.02. The molecule has 2 N–H and O–H groups in total. The SMILES string of the molecule is COc1ccc(O)c(CNc2ccc(C)cc2)c1. The lowest BCUT2D eigenvalue weighted by Crippen LogP contribution is -2.00. The molecule has 18 heavy (non-hydrogen) atoms. The highest BCUT2D eigenvalue weighted by Crippen LogP contribution is 2.23. The van der Waals surface area contributed by atoms with Crippen LogP contribution in [0.4, 0.5) is 5.69 Å². The van der Waals surface area contributed by atoms with Gasteiger partial charge in [0.15, 0.2) is 0 Å². The van der Waals surface area contributed by atoms with E-state index in [4.69, 9.17) is 4.74 Å². The van der Waals surface area contributed by atoms with Crippen molar-refractivity contribution in [2.24, 2.45) is 0 Å². The van der Waals surface area contributed by atoms with Crippen LogP contribution in [0.15, 0.2) is 42.5 Å². The molecular formula is C15H17NO2. The standard InChI is InChI=1S/C15H17NO2/c1-11-3-5-13(6-4-11)16-10-12-9-14(18-2)7-8-15(12)17/h3-9,16-17H,10H2,1-2H3. The number of methoxy groups -OCH3 is 1. The number of aryl methyl sites for hydroxylation is 1. The fourth-order valence-corrected chi connectivity index (χ4v) is 1.70. The van der Waals surface area contributed by atoms with E-state index in [1.807, 2.05) is 30.3 Å². The van der Waals surface area contributed by atoms with Gasteiger partial charge in [-0.05, 0) is 37.3 Å². The Kier molecular flexibility index (Phi) is 3.72. The minimum Gasteiger partial charge on any atom is -0.508 e. The molecule has 0 unspecified atom stereocenters. The van der Waals surface area contributed by atoms with Crippen molar-refractivity contribution in [3.63, 3.8) is 0 Å². The first kappa shape index (κ1) is 12.3. The predicted molar refractivity (Wildman–Crippen MR) is 73.2 cm³/mol. The van der Waals surface area contributed by atoms with E-state index in [0.717, 1.165) is 17.0 Å². The number of hydrogen-bond donors (Lipinski definition) is 2. The van der Waals surface area contributed by atoms with Gasteiger partial charge in [0.05, 0.1) is 7.11 Å². The molecule has 2 rings (SSSR count). The minimum absolute atomic E-state index is 0.274. The maximum atomic E-state index is 9.76. The summed E-state index contributed by atoms with van der Waals surface area (Å²) < 4.78 is 5.14. The van der Waals surface area contributed by atoms with Crippen molar-refractivity contribution >= 4 is 5.69 Å². The molecule has 0 aliphatic rings. The Balaban J connectivity index is 2.07. The maximum Gasteiger partial charge on any atom is 0.120 e. The maximum absolute atomic E-state index is 9.76. The number of nitrogens with one attached hydrogen (secondary N) is 1. The minimum atomic E-state index is 0.274. The zero-order valence-electron chi connectivity index (χ0n) is 10.6. The van der Waals surface area contributed by atoms with Crippen LogP contribution in [0.2, 0.25) is 0 Å². The van der Waals surface area contributed by atoms with Crippen LogP contribution in [-0.2, 0) is 6.54 Å². The Morgan fingerprint density at radius 1 is 1.11 bits per heavy atom. The summed E-state index contributed by atoms with van der Waals surface area (Å²) in [6.07, 6.45) is 0. The molecule has 0 spiro atoms. The van der Waals surface area contributed by atoms with E-state index in [2.05, 4.69) is 12.2 Å². The van der Waals surface area contributed by atoms with Crippen molar-refractivity contribution in [1.29, 1.82) is 0 Å². The first-order chi connectivity index (χ1) is 8.69. The number of rotatable bonds is 4. The predicted octanol–water partition coefficient (Wildman–Crippen LogP) is 3.32. The Morgan fingerprint density at radius 3 is 2.50 bits per heavy atom. The second-order valence-corrected chi connectivity index (χ2v) is 4.21.